The van der Waals surface area contributed by atoms with E-state index in [2.05, 4.69) is 19.1 Å². The topological polar surface area (TPSA) is 35.5 Å². The summed E-state index contributed by atoms with van der Waals surface area (Å²) in [5.74, 6) is -0.0731. The molecule has 3 nitrogen and oxygen atoms in total. The third-order valence-electron chi connectivity index (χ3n) is 2.29. The second-order valence-corrected chi connectivity index (χ2v) is 3.95. The molecular weight excluding hydrogens is 216 g/mol. The molecule has 0 unspecified atom stereocenters. The van der Waals surface area contributed by atoms with E-state index < -0.39 is 0 Å². The average molecular weight is 242 g/mol. The Morgan fingerprint density at radius 2 is 1.94 bits per heavy atom. The molecule has 0 saturated heterocycles. The van der Waals surface area contributed by atoms with Crippen molar-refractivity contribution in [3.63, 3.8) is 0 Å². The largest absolute Gasteiger partial charge is 0.466 e. The molecule has 17 heavy (non-hydrogen) atoms. The number of hydrogen-bond acceptors (Lipinski definition) is 3. The van der Waals surface area contributed by atoms with E-state index >= 15 is 0 Å². The van der Waals surface area contributed by atoms with E-state index in [-0.39, 0.29) is 5.97 Å². The monoisotopic (exact) mass is 242 g/mol. The summed E-state index contributed by atoms with van der Waals surface area (Å²) in [5.41, 5.74) is 0. The van der Waals surface area contributed by atoms with Gasteiger partial charge in [-0.2, -0.15) is 0 Å². The predicted octanol–water partition coefficient (Wildman–Crippen LogP) is 3.48. The van der Waals surface area contributed by atoms with Gasteiger partial charge >= 0.3 is 5.97 Å². The number of carbonyl (C=O) groups is 1. The fourth-order valence-corrected chi connectivity index (χ4v) is 1.42. The van der Waals surface area contributed by atoms with Crippen molar-refractivity contribution in [2.75, 3.05) is 19.8 Å². The molecule has 0 amide bonds. The lowest BCUT2D eigenvalue weighted by Gasteiger charge is -2.00. The molecule has 0 radical (unpaired) electrons. The van der Waals surface area contributed by atoms with Gasteiger partial charge in [0.1, 0.15) is 0 Å². The van der Waals surface area contributed by atoms with Crippen molar-refractivity contribution >= 4 is 5.97 Å². The van der Waals surface area contributed by atoms with Crippen LogP contribution in [0.4, 0.5) is 0 Å². The van der Waals surface area contributed by atoms with E-state index in [1.165, 1.54) is 0 Å². The summed E-state index contributed by atoms with van der Waals surface area (Å²) < 4.78 is 10.2. The van der Waals surface area contributed by atoms with Crippen molar-refractivity contribution in [3.8, 4) is 0 Å². The fourth-order valence-electron chi connectivity index (χ4n) is 1.42. The molecule has 0 aromatic rings. The molecule has 0 aliphatic carbocycles. The Kier molecular flexibility index (Phi) is 12.6. The van der Waals surface area contributed by atoms with Gasteiger partial charge in [0.25, 0.3) is 0 Å². The minimum Gasteiger partial charge on any atom is -0.466 e. The van der Waals surface area contributed by atoms with Crippen molar-refractivity contribution < 1.29 is 14.3 Å². The third-order valence-corrected chi connectivity index (χ3v) is 2.29. The van der Waals surface area contributed by atoms with Crippen LogP contribution in [0.15, 0.2) is 12.2 Å². The zero-order chi connectivity index (χ0) is 12.8. The first-order valence-electron chi connectivity index (χ1n) is 6.69. The zero-order valence-electron chi connectivity index (χ0n) is 11.2. The summed E-state index contributed by atoms with van der Waals surface area (Å²) in [6.07, 6.45) is 10.1. The van der Waals surface area contributed by atoms with Crippen molar-refractivity contribution in [2.45, 2.75) is 52.4 Å². The number of allylic oxidation sites excluding steroid dienone is 1. The average Bonchev–Trinajstić information content (AvgIpc) is 2.32. The molecule has 3 heteroatoms. The molecule has 0 bridgehead atoms. The first-order chi connectivity index (χ1) is 8.31. The second kappa shape index (κ2) is 13.2. The Morgan fingerprint density at radius 3 is 2.65 bits per heavy atom. The van der Waals surface area contributed by atoms with Gasteiger partial charge in [0.2, 0.25) is 0 Å². The van der Waals surface area contributed by atoms with Gasteiger partial charge in [-0.15, -0.1) is 0 Å². The Labute approximate surface area is 105 Å². The van der Waals surface area contributed by atoms with Crippen LogP contribution in [0.3, 0.4) is 0 Å². The Morgan fingerprint density at radius 1 is 1.12 bits per heavy atom. The number of ether oxygens (including phenoxy) is 2. The summed E-state index contributed by atoms with van der Waals surface area (Å²) in [4.78, 5) is 11.0. The van der Waals surface area contributed by atoms with Crippen molar-refractivity contribution in [1.82, 2.24) is 0 Å². The van der Waals surface area contributed by atoms with Crippen molar-refractivity contribution in [2.24, 2.45) is 0 Å². The highest BCUT2D eigenvalue weighted by Crippen LogP contribution is 2.04. The van der Waals surface area contributed by atoms with E-state index in [1.54, 1.807) is 0 Å². The standard InChI is InChI=1S/C14H26O3/c1-3-12-16-13-10-8-6-5-7-9-11-14(15)17-4-2/h8,10H,3-7,9,11-13H2,1-2H3. The quantitative estimate of drug-likeness (QED) is 0.316. The molecule has 0 atom stereocenters. The lowest BCUT2D eigenvalue weighted by Crippen LogP contribution is -2.02. The Balaban J connectivity index is 3.15. The van der Waals surface area contributed by atoms with Crippen LogP contribution in [0.2, 0.25) is 0 Å². The lowest BCUT2D eigenvalue weighted by molar-refractivity contribution is -0.143. The highest BCUT2D eigenvalue weighted by Gasteiger charge is 1.99. The van der Waals surface area contributed by atoms with Gasteiger partial charge in [-0.25, -0.2) is 0 Å². The van der Waals surface area contributed by atoms with Crippen LogP contribution < -0.4 is 0 Å². The molecule has 0 rings (SSSR count). The molecule has 0 saturated carbocycles. The Hall–Kier alpha value is -0.830. The molecular formula is C14H26O3. The van der Waals surface area contributed by atoms with Gasteiger partial charge in [-0.1, -0.05) is 25.5 Å². The minimum atomic E-state index is -0.0731. The first-order valence-corrected chi connectivity index (χ1v) is 6.69. The van der Waals surface area contributed by atoms with Crippen LogP contribution in [0.25, 0.3) is 0 Å². The predicted molar refractivity (Wildman–Crippen MR) is 70.0 cm³/mol. The maximum absolute atomic E-state index is 11.0. The molecule has 0 aromatic heterocycles. The molecule has 0 aliphatic rings. The van der Waals surface area contributed by atoms with Crippen LogP contribution >= 0.6 is 0 Å². The van der Waals surface area contributed by atoms with E-state index in [1.807, 2.05) is 6.92 Å². The molecule has 0 aliphatic heterocycles. The molecule has 0 spiro atoms. The molecule has 100 valence electrons. The van der Waals surface area contributed by atoms with Crippen molar-refractivity contribution in [3.05, 3.63) is 12.2 Å². The van der Waals surface area contributed by atoms with E-state index in [0.717, 1.165) is 45.3 Å². The second-order valence-electron chi connectivity index (χ2n) is 3.95. The third kappa shape index (κ3) is 13.1. The number of esters is 1. The maximum atomic E-state index is 11.0. The molecule has 0 aromatic carbocycles. The maximum Gasteiger partial charge on any atom is 0.305 e. The number of hydrogen-bond donors (Lipinski definition) is 0. The van der Waals surface area contributed by atoms with E-state index in [9.17, 15) is 4.79 Å². The number of carbonyl (C=O) groups excluding carboxylic acids is 1. The SMILES string of the molecule is CCCOCC=CCCCCCC(=O)OCC. The van der Waals surface area contributed by atoms with Crippen LogP contribution in [-0.2, 0) is 14.3 Å². The van der Waals surface area contributed by atoms with E-state index in [0.29, 0.717) is 13.0 Å². The summed E-state index contributed by atoms with van der Waals surface area (Å²) in [6, 6.07) is 0. The van der Waals surface area contributed by atoms with Crippen LogP contribution in [0.1, 0.15) is 52.4 Å². The van der Waals surface area contributed by atoms with Gasteiger partial charge < -0.3 is 9.47 Å². The van der Waals surface area contributed by atoms with Gasteiger partial charge in [0, 0.05) is 13.0 Å². The highest BCUT2D eigenvalue weighted by atomic mass is 16.5. The van der Waals surface area contributed by atoms with Gasteiger partial charge in [-0.3, -0.25) is 4.79 Å². The minimum absolute atomic E-state index is 0.0731. The van der Waals surface area contributed by atoms with E-state index in [4.69, 9.17) is 9.47 Å². The summed E-state index contributed by atoms with van der Waals surface area (Å²) in [5, 5.41) is 0. The van der Waals surface area contributed by atoms with Crippen LogP contribution in [-0.4, -0.2) is 25.8 Å². The van der Waals surface area contributed by atoms with Crippen LogP contribution in [0.5, 0.6) is 0 Å². The first kappa shape index (κ1) is 16.2. The number of unbranched alkanes of at least 4 members (excludes halogenated alkanes) is 3. The van der Waals surface area contributed by atoms with Gasteiger partial charge in [-0.05, 0) is 32.6 Å². The summed E-state index contributed by atoms with van der Waals surface area (Å²) >= 11 is 0. The zero-order valence-corrected chi connectivity index (χ0v) is 11.2. The van der Waals surface area contributed by atoms with Gasteiger partial charge in [0.15, 0.2) is 0 Å². The number of rotatable bonds is 11. The molecule has 0 fully saturated rings. The van der Waals surface area contributed by atoms with Crippen LogP contribution in [0, 0.1) is 0 Å². The Bertz CT molecular complexity index is 200. The molecule has 0 N–H and O–H groups in total. The summed E-state index contributed by atoms with van der Waals surface area (Å²) in [7, 11) is 0. The fraction of sp³-hybridized carbons (Fsp3) is 0.786. The normalized spacial score (nSPS) is 10.9. The lowest BCUT2D eigenvalue weighted by atomic mass is 10.1. The summed E-state index contributed by atoms with van der Waals surface area (Å²) in [6.45, 7) is 5.98. The molecule has 0 heterocycles. The highest BCUT2D eigenvalue weighted by molar-refractivity contribution is 5.69. The smallest absolute Gasteiger partial charge is 0.305 e. The van der Waals surface area contributed by atoms with Gasteiger partial charge in [0.05, 0.1) is 13.2 Å². The van der Waals surface area contributed by atoms with Crippen molar-refractivity contribution in [1.29, 1.82) is 0 Å².